The lowest BCUT2D eigenvalue weighted by Gasteiger charge is -2.14. The van der Waals surface area contributed by atoms with E-state index in [1.165, 1.54) is 10.9 Å². The van der Waals surface area contributed by atoms with Crippen LogP contribution in [0.15, 0.2) is 6.20 Å². The largest absolute Gasteiger partial charge is 0.313 e. The molecule has 92 valence electrons. The Morgan fingerprint density at radius 2 is 2.12 bits per heavy atom. The number of hydrogen-bond donors (Lipinski definition) is 1. The van der Waals surface area contributed by atoms with Gasteiger partial charge in [0.25, 0.3) is 6.43 Å². The zero-order chi connectivity index (χ0) is 12.1. The van der Waals surface area contributed by atoms with Crippen LogP contribution in [0.1, 0.15) is 50.9 Å². The molecule has 1 heterocycles. The first-order valence-corrected chi connectivity index (χ1v) is 5.66. The van der Waals surface area contributed by atoms with Gasteiger partial charge in [-0.25, -0.2) is 8.78 Å². The highest BCUT2D eigenvalue weighted by atomic mass is 19.3. The SMILES string of the molecule is CCNCc1cnn(C(C)CC)c1C(F)F. The minimum absolute atomic E-state index is 0.0133. The third-order valence-electron chi connectivity index (χ3n) is 2.69. The molecule has 1 atom stereocenters. The van der Waals surface area contributed by atoms with Gasteiger partial charge < -0.3 is 5.32 Å². The molecule has 0 fully saturated rings. The van der Waals surface area contributed by atoms with Gasteiger partial charge >= 0.3 is 0 Å². The van der Waals surface area contributed by atoms with Gasteiger partial charge in [-0.05, 0) is 19.9 Å². The number of hydrogen-bond acceptors (Lipinski definition) is 2. The maximum absolute atomic E-state index is 13.0. The zero-order valence-electron chi connectivity index (χ0n) is 10.0. The summed E-state index contributed by atoms with van der Waals surface area (Å²) in [5.74, 6) is 0. The smallest absolute Gasteiger partial charge is 0.280 e. The Kier molecular flexibility index (Phi) is 4.86. The van der Waals surface area contributed by atoms with Gasteiger partial charge in [-0.1, -0.05) is 13.8 Å². The van der Waals surface area contributed by atoms with Crippen LogP contribution in [0.3, 0.4) is 0 Å². The molecule has 3 nitrogen and oxygen atoms in total. The fourth-order valence-corrected chi connectivity index (χ4v) is 1.57. The van der Waals surface area contributed by atoms with Crippen molar-refractivity contribution >= 4 is 0 Å². The first kappa shape index (κ1) is 13.1. The maximum Gasteiger partial charge on any atom is 0.280 e. The Morgan fingerprint density at radius 1 is 1.44 bits per heavy atom. The van der Waals surface area contributed by atoms with Crippen LogP contribution >= 0.6 is 0 Å². The molecule has 0 spiro atoms. The highest BCUT2D eigenvalue weighted by Gasteiger charge is 2.21. The summed E-state index contributed by atoms with van der Waals surface area (Å²) in [6.45, 7) is 7.02. The van der Waals surface area contributed by atoms with Gasteiger partial charge in [0.2, 0.25) is 0 Å². The van der Waals surface area contributed by atoms with Gasteiger partial charge in [-0.2, -0.15) is 5.10 Å². The van der Waals surface area contributed by atoms with Crippen molar-refractivity contribution in [2.24, 2.45) is 0 Å². The van der Waals surface area contributed by atoms with E-state index in [0.717, 1.165) is 13.0 Å². The Bertz CT molecular complexity index is 323. The lowest BCUT2D eigenvalue weighted by Crippen LogP contribution is -2.15. The first-order chi connectivity index (χ1) is 7.61. The summed E-state index contributed by atoms with van der Waals surface area (Å²) in [5.41, 5.74) is 0.646. The molecule has 0 saturated carbocycles. The summed E-state index contributed by atoms with van der Waals surface area (Å²) < 4.78 is 27.4. The second-order valence-electron chi connectivity index (χ2n) is 3.84. The number of aromatic nitrogens is 2. The molecule has 1 rings (SSSR count). The van der Waals surface area contributed by atoms with Crippen LogP contribution in [0.2, 0.25) is 0 Å². The van der Waals surface area contributed by atoms with Gasteiger partial charge in [0.1, 0.15) is 5.69 Å². The number of halogens is 2. The molecular weight excluding hydrogens is 212 g/mol. The van der Waals surface area contributed by atoms with Crippen LogP contribution in [0.25, 0.3) is 0 Å². The average Bonchev–Trinajstić information content (AvgIpc) is 2.68. The van der Waals surface area contributed by atoms with Crippen LogP contribution in [0.4, 0.5) is 8.78 Å². The summed E-state index contributed by atoms with van der Waals surface area (Å²) in [7, 11) is 0. The normalized spacial score (nSPS) is 13.4. The van der Waals surface area contributed by atoms with E-state index in [2.05, 4.69) is 10.4 Å². The van der Waals surface area contributed by atoms with Gasteiger partial charge in [-0.3, -0.25) is 4.68 Å². The third kappa shape index (κ3) is 2.78. The molecule has 0 saturated heterocycles. The van der Waals surface area contributed by atoms with Crippen molar-refractivity contribution in [2.45, 2.75) is 46.2 Å². The molecule has 0 amide bonds. The molecule has 0 bridgehead atoms. The molecular formula is C11H19F2N3. The summed E-state index contributed by atoms with van der Waals surface area (Å²) >= 11 is 0. The highest BCUT2D eigenvalue weighted by molar-refractivity contribution is 5.19. The van der Waals surface area contributed by atoms with Crippen LogP contribution in [0, 0.1) is 0 Å². The zero-order valence-corrected chi connectivity index (χ0v) is 10.0. The third-order valence-corrected chi connectivity index (χ3v) is 2.69. The lowest BCUT2D eigenvalue weighted by molar-refractivity contribution is 0.134. The first-order valence-electron chi connectivity index (χ1n) is 5.66. The Labute approximate surface area is 94.8 Å². The van der Waals surface area contributed by atoms with Gasteiger partial charge in [0.05, 0.1) is 6.20 Å². The van der Waals surface area contributed by atoms with Gasteiger partial charge in [0, 0.05) is 18.2 Å². The van der Waals surface area contributed by atoms with Crippen molar-refractivity contribution in [3.8, 4) is 0 Å². The van der Waals surface area contributed by atoms with Gasteiger partial charge in [0.15, 0.2) is 0 Å². The number of alkyl halides is 2. The molecule has 0 aliphatic carbocycles. The minimum atomic E-state index is -2.47. The van der Waals surface area contributed by atoms with Crippen LogP contribution in [0.5, 0.6) is 0 Å². The molecule has 1 aromatic heterocycles. The summed E-state index contributed by atoms with van der Waals surface area (Å²) in [6, 6.07) is 0.0133. The molecule has 0 aliphatic heterocycles. The van der Waals surface area contributed by atoms with E-state index >= 15 is 0 Å². The quantitative estimate of drug-likeness (QED) is 0.815. The average molecular weight is 231 g/mol. The van der Waals surface area contributed by atoms with Crippen molar-refractivity contribution in [3.63, 3.8) is 0 Å². The number of rotatable bonds is 6. The molecule has 16 heavy (non-hydrogen) atoms. The Balaban J connectivity index is 2.97. The molecule has 0 aliphatic rings. The maximum atomic E-state index is 13.0. The molecule has 5 heteroatoms. The van der Waals surface area contributed by atoms with Crippen molar-refractivity contribution in [1.82, 2.24) is 15.1 Å². The second kappa shape index (κ2) is 5.94. The van der Waals surface area contributed by atoms with E-state index < -0.39 is 6.43 Å². The van der Waals surface area contributed by atoms with Gasteiger partial charge in [-0.15, -0.1) is 0 Å². The summed E-state index contributed by atoms with van der Waals surface area (Å²) in [4.78, 5) is 0. The highest BCUT2D eigenvalue weighted by Crippen LogP contribution is 2.26. The van der Waals surface area contributed by atoms with Crippen molar-refractivity contribution < 1.29 is 8.78 Å². The van der Waals surface area contributed by atoms with Crippen LogP contribution in [-0.2, 0) is 6.54 Å². The number of nitrogens with one attached hydrogen (secondary N) is 1. The molecule has 1 unspecified atom stereocenters. The summed E-state index contributed by atoms with van der Waals surface area (Å²) in [5, 5.41) is 7.10. The fourth-order valence-electron chi connectivity index (χ4n) is 1.57. The predicted molar refractivity (Wildman–Crippen MR) is 59.6 cm³/mol. The standard InChI is InChI=1S/C11H19F2N3/c1-4-8(3)16-10(11(12)13)9(7-15-16)6-14-5-2/h7-8,11,14H,4-6H2,1-3H3. The topological polar surface area (TPSA) is 29.9 Å². The van der Waals surface area contributed by atoms with E-state index in [1.54, 1.807) is 0 Å². The Morgan fingerprint density at radius 3 is 2.62 bits per heavy atom. The van der Waals surface area contributed by atoms with E-state index in [1.807, 2.05) is 20.8 Å². The lowest BCUT2D eigenvalue weighted by atomic mass is 10.2. The van der Waals surface area contributed by atoms with E-state index in [4.69, 9.17) is 0 Å². The van der Waals surface area contributed by atoms with Crippen LogP contribution in [-0.4, -0.2) is 16.3 Å². The molecule has 0 aromatic carbocycles. The fraction of sp³-hybridized carbons (Fsp3) is 0.727. The minimum Gasteiger partial charge on any atom is -0.313 e. The number of nitrogens with zero attached hydrogens (tertiary/aromatic N) is 2. The molecule has 1 N–H and O–H groups in total. The predicted octanol–water partition coefficient (Wildman–Crippen LogP) is 2.90. The molecule has 0 radical (unpaired) electrons. The van der Waals surface area contributed by atoms with E-state index in [-0.39, 0.29) is 11.7 Å². The monoisotopic (exact) mass is 231 g/mol. The van der Waals surface area contributed by atoms with Crippen molar-refractivity contribution in [3.05, 3.63) is 17.5 Å². The van der Waals surface area contributed by atoms with E-state index in [0.29, 0.717) is 12.1 Å². The van der Waals surface area contributed by atoms with E-state index in [9.17, 15) is 8.78 Å². The van der Waals surface area contributed by atoms with Crippen molar-refractivity contribution in [1.29, 1.82) is 0 Å². The Hall–Kier alpha value is -0.970. The second-order valence-corrected chi connectivity index (χ2v) is 3.84. The molecule has 1 aromatic rings. The van der Waals surface area contributed by atoms with Crippen molar-refractivity contribution in [2.75, 3.05) is 6.54 Å². The summed E-state index contributed by atoms with van der Waals surface area (Å²) in [6.07, 6.45) is -0.136. The van der Waals surface area contributed by atoms with Crippen LogP contribution < -0.4 is 5.32 Å².